The molecule has 0 radical (unpaired) electrons. The van der Waals surface area contributed by atoms with Gasteiger partial charge < -0.3 is 9.88 Å². The average molecular weight is 315 g/mol. The number of nitro benzene ring substituents is 1. The third-order valence-corrected chi connectivity index (χ3v) is 3.83. The minimum Gasteiger partial charge on any atom is -0.354 e. The van der Waals surface area contributed by atoms with Gasteiger partial charge in [-0.1, -0.05) is 18.2 Å². The van der Waals surface area contributed by atoms with Gasteiger partial charge in [-0.3, -0.25) is 14.9 Å². The second-order valence-corrected chi connectivity index (χ2v) is 5.68. The Balaban J connectivity index is 1.87. The van der Waals surface area contributed by atoms with Crippen molar-refractivity contribution < 1.29 is 9.72 Å². The summed E-state index contributed by atoms with van der Waals surface area (Å²) >= 11 is 0. The molecule has 0 unspecified atom stereocenters. The Bertz CT molecular complexity index is 694. The van der Waals surface area contributed by atoms with Crippen molar-refractivity contribution in [1.29, 1.82) is 0 Å². The summed E-state index contributed by atoms with van der Waals surface area (Å²) in [5.41, 5.74) is 1.63. The molecule has 1 atom stereocenters. The fourth-order valence-corrected chi connectivity index (χ4v) is 2.53. The molecule has 122 valence electrons. The van der Waals surface area contributed by atoms with Crippen LogP contribution in [-0.2, 0) is 24.7 Å². The number of aromatic nitrogens is 1. The molecule has 0 aliphatic rings. The van der Waals surface area contributed by atoms with Crippen molar-refractivity contribution in [2.45, 2.75) is 32.2 Å². The van der Waals surface area contributed by atoms with Crippen LogP contribution in [0.3, 0.4) is 0 Å². The lowest BCUT2D eigenvalue weighted by molar-refractivity contribution is -0.385. The summed E-state index contributed by atoms with van der Waals surface area (Å²) in [4.78, 5) is 22.6. The third kappa shape index (κ3) is 4.67. The Morgan fingerprint density at radius 3 is 2.70 bits per heavy atom. The molecule has 1 aromatic heterocycles. The Morgan fingerprint density at radius 2 is 2.04 bits per heavy atom. The Hall–Kier alpha value is -2.63. The van der Waals surface area contributed by atoms with Crippen LogP contribution in [-0.4, -0.2) is 21.4 Å². The lowest BCUT2D eigenvalue weighted by Crippen LogP contribution is -2.34. The number of aryl methyl sites for hydroxylation is 2. The van der Waals surface area contributed by atoms with Crippen LogP contribution < -0.4 is 5.32 Å². The molecule has 2 rings (SSSR count). The number of carbonyl (C=O) groups excluding carboxylic acids is 1. The number of nitrogens with one attached hydrogen (secondary N) is 1. The number of amides is 1. The second kappa shape index (κ2) is 7.58. The SMILES string of the molecule is C[C@H](CCc1cccn1C)NC(=O)Cc1ccccc1[N+](=O)[O-]. The molecule has 1 amide bonds. The molecule has 6 nitrogen and oxygen atoms in total. The summed E-state index contributed by atoms with van der Waals surface area (Å²) in [6, 6.07) is 10.4. The quantitative estimate of drug-likeness (QED) is 0.630. The highest BCUT2D eigenvalue weighted by Gasteiger charge is 2.16. The van der Waals surface area contributed by atoms with E-state index in [1.807, 2.05) is 26.2 Å². The summed E-state index contributed by atoms with van der Waals surface area (Å²) in [7, 11) is 1.99. The normalized spacial score (nSPS) is 11.9. The fraction of sp³-hybridized carbons (Fsp3) is 0.353. The maximum absolute atomic E-state index is 12.1. The van der Waals surface area contributed by atoms with Crippen LogP contribution in [0, 0.1) is 10.1 Å². The summed E-state index contributed by atoms with van der Waals surface area (Å²) in [6.07, 6.45) is 3.70. The van der Waals surface area contributed by atoms with Gasteiger partial charge in [0.1, 0.15) is 0 Å². The van der Waals surface area contributed by atoms with Crippen molar-refractivity contribution in [3.8, 4) is 0 Å². The molecule has 1 aromatic carbocycles. The van der Waals surface area contributed by atoms with Gasteiger partial charge in [0, 0.05) is 36.6 Å². The summed E-state index contributed by atoms with van der Waals surface area (Å²) in [5, 5.41) is 13.9. The van der Waals surface area contributed by atoms with Gasteiger partial charge in [0.15, 0.2) is 0 Å². The topological polar surface area (TPSA) is 77.2 Å². The number of hydrogen-bond acceptors (Lipinski definition) is 3. The largest absolute Gasteiger partial charge is 0.354 e. The summed E-state index contributed by atoms with van der Waals surface area (Å²) < 4.78 is 2.06. The highest BCUT2D eigenvalue weighted by atomic mass is 16.6. The summed E-state index contributed by atoms with van der Waals surface area (Å²) in [6.45, 7) is 1.94. The predicted molar refractivity (Wildman–Crippen MR) is 88.1 cm³/mol. The average Bonchev–Trinajstić information content (AvgIpc) is 2.90. The summed E-state index contributed by atoms with van der Waals surface area (Å²) in [5.74, 6) is -0.196. The molecule has 0 aliphatic heterocycles. The van der Waals surface area contributed by atoms with E-state index >= 15 is 0 Å². The highest BCUT2D eigenvalue weighted by Crippen LogP contribution is 2.18. The molecule has 0 aliphatic carbocycles. The van der Waals surface area contributed by atoms with Crippen LogP contribution in [0.15, 0.2) is 42.6 Å². The van der Waals surface area contributed by atoms with E-state index in [1.165, 1.54) is 11.8 Å². The molecular formula is C17H21N3O3. The zero-order chi connectivity index (χ0) is 16.8. The van der Waals surface area contributed by atoms with E-state index in [1.54, 1.807) is 18.2 Å². The van der Waals surface area contributed by atoms with Gasteiger partial charge in [-0.05, 0) is 31.9 Å². The first-order valence-electron chi connectivity index (χ1n) is 7.59. The number of nitro groups is 1. The molecule has 0 saturated carbocycles. The molecule has 6 heteroatoms. The van der Waals surface area contributed by atoms with Crippen molar-refractivity contribution in [3.05, 3.63) is 64.0 Å². The van der Waals surface area contributed by atoms with E-state index in [0.717, 1.165) is 12.8 Å². The van der Waals surface area contributed by atoms with Gasteiger partial charge in [0.25, 0.3) is 5.69 Å². The number of nitrogens with zero attached hydrogens (tertiary/aromatic N) is 2. The van der Waals surface area contributed by atoms with Crippen LogP contribution in [0.1, 0.15) is 24.6 Å². The van der Waals surface area contributed by atoms with E-state index in [-0.39, 0.29) is 24.1 Å². The number of rotatable bonds is 7. The first-order valence-corrected chi connectivity index (χ1v) is 7.59. The number of benzene rings is 1. The minimum absolute atomic E-state index is 0.0140. The van der Waals surface area contributed by atoms with Gasteiger partial charge in [-0.15, -0.1) is 0 Å². The molecule has 1 heterocycles. The zero-order valence-corrected chi connectivity index (χ0v) is 13.4. The fourth-order valence-electron chi connectivity index (χ4n) is 2.53. The lowest BCUT2D eigenvalue weighted by atomic mass is 10.1. The van der Waals surface area contributed by atoms with E-state index in [4.69, 9.17) is 0 Å². The van der Waals surface area contributed by atoms with E-state index < -0.39 is 4.92 Å². The Kier molecular flexibility index (Phi) is 5.51. The van der Waals surface area contributed by atoms with Crippen molar-refractivity contribution in [2.75, 3.05) is 0 Å². The highest BCUT2D eigenvalue weighted by molar-refractivity contribution is 5.80. The van der Waals surface area contributed by atoms with Gasteiger partial charge in [-0.25, -0.2) is 0 Å². The number of carbonyl (C=O) groups is 1. The van der Waals surface area contributed by atoms with Crippen LogP contribution in [0.25, 0.3) is 0 Å². The van der Waals surface area contributed by atoms with Gasteiger partial charge in [-0.2, -0.15) is 0 Å². The molecule has 2 aromatic rings. The lowest BCUT2D eigenvalue weighted by Gasteiger charge is -2.14. The molecule has 0 fully saturated rings. The van der Waals surface area contributed by atoms with Gasteiger partial charge in [0.05, 0.1) is 11.3 Å². The molecule has 0 saturated heterocycles. The molecular weight excluding hydrogens is 294 g/mol. The Labute approximate surface area is 135 Å². The smallest absolute Gasteiger partial charge is 0.273 e. The first-order chi connectivity index (χ1) is 11.0. The Morgan fingerprint density at radius 1 is 1.30 bits per heavy atom. The number of hydrogen-bond donors (Lipinski definition) is 1. The molecule has 0 spiro atoms. The molecule has 0 bridgehead atoms. The molecule has 1 N–H and O–H groups in total. The predicted octanol–water partition coefficient (Wildman–Crippen LogP) is 2.61. The van der Waals surface area contributed by atoms with Gasteiger partial charge in [0.2, 0.25) is 5.91 Å². The van der Waals surface area contributed by atoms with E-state index in [2.05, 4.69) is 16.0 Å². The molecule has 23 heavy (non-hydrogen) atoms. The van der Waals surface area contributed by atoms with Crippen LogP contribution >= 0.6 is 0 Å². The minimum atomic E-state index is -0.457. The maximum Gasteiger partial charge on any atom is 0.273 e. The zero-order valence-electron chi connectivity index (χ0n) is 13.4. The first kappa shape index (κ1) is 16.7. The number of para-hydroxylation sites is 1. The second-order valence-electron chi connectivity index (χ2n) is 5.68. The van der Waals surface area contributed by atoms with Crippen molar-refractivity contribution in [2.24, 2.45) is 7.05 Å². The van der Waals surface area contributed by atoms with Crippen molar-refractivity contribution in [1.82, 2.24) is 9.88 Å². The van der Waals surface area contributed by atoms with Crippen LogP contribution in [0.4, 0.5) is 5.69 Å². The standard InChI is InChI=1S/C17H21N3O3/c1-13(9-10-15-7-5-11-19(15)2)18-17(21)12-14-6-3-4-8-16(14)20(22)23/h3-8,11,13H,9-10,12H2,1-2H3,(H,18,21)/t13-/m1/s1. The monoisotopic (exact) mass is 315 g/mol. The van der Waals surface area contributed by atoms with Gasteiger partial charge >= 0.3 is 0 Å². The van der Waals surface area contributed by atoms with E-state index in [9.17, 15) is 14.9 Å². The maximum atomic E-state index is 12.1. The third-order valence-electron chi connectivity index (χ3n) is 3.83. The van der Waals surface area contributed by atoms with E-state index in [0.29, 0.717) is 5.56 Å². The van der Waals surface area contributed by atoms with Crippen molar-refractivity contribution >= 4 is 11.6 Å². The van der Waals surface area contributed by atoms with Crippen molar-refractivity contribution in [3.63, 3.8) is 0 Å². The van der Waals surface area contributed by atoms with Crippen LogP contribution in [0.5, 0.6) is 0 Å². The van der Waals surface area contributed by atoms with Crippen LogP contribution in [0.2, 0.25) is 0 Å².